The van der Waals surface area contributed by atoms with Gasteiger partial charge in [0, 0.05) is 10.9 Å². The van der Waals surface area contributed by atoms with E-state index in [4.69, 9.17) is 17.3 Å². The SMILES string of the molecule is CCc1ccc([C@H](Nc2cc(Cl)nc(N)n2)c2cccs2)cc1. The molecule has 0 saturated carbocycles. The largest absolute Gasteiger partial charge is 0.368 e. The lowest BCUT2D eigenvalue weighted by molar-refractivity contribution is 0.943. The van der Waals surface area contributed by atoms with Crippen molar-refractivity contribution in [2.24, 2.45) is 0 Å². The highest BCUT2D eigenvalue weighted by Crippen LogP contribution is 2.30. The molecule has 0 radical (unpaired) electrons. The molecule has 4 nitrogen and oxygen atoms in total. The fourth-order valence-electron chi connectivity index (χ4n) is 2.38. The van der Waals surface area contributed by atoms with Gasteiger partial charge in [0.25, 0.3) is 0 Å². The second kappa shape index (κ2) is 6.98. The third kappa shape index (κ3) is 3.81. The van der Waals surface area contributed by atoms with Gasteiger partial charge < -0.3 is 11.1 Å². The first kappa shape index (κ1) is 15.8. The van der Waals surface area contributed by atoms with E-state index >= 15 is 0 Å². The zero-order valence-electron chi connectivity index (χ0n) is 12.7. The highest BCUT2D eigenvalue weighted by Gasteiger charge is 2.16. The van der Waals surface area contributed by atoms with Gasteiger partial charge in [0.05, 0.1) is 6.04 Å². The average Bonchev–Trinajstić information content (AvgIpc) is 3.06. The first-order valence-electron chi connectivity index (χ1n) is 7.34. The Kier molecular flexibility index (Phi) is 4.79. The van der Waals surface area contributed by atoms with Crippen LogP contribution in [0.2, 0.25) is 5.15 Å². The van der Waals surface area contributed by atoms with Crippen LogP contribution in [-0.4, -0.2) is 9.97 Å². The predicted octanol–water partition coefficient (Wildman–Crippen LogP) is 4.54. The van der Waals surface area contributed by atoms with E-state index < -0.39 is 0 Å². The van der Waals surface area contributed by atoms with Crippen molar-refractivity contribution in [3.63, 3.8) is 0 Å². The van der Waals surface area contributed by atoms with Crippen LogP contribution in [-0.2, 0) is 6.42 Å². The van der Waals surface area contributed by atoms with Crippen molar-refractivity contribution in [1.29, 1.82) is 0 Å². The number of rotatable bonds is 5. The summed E-state index contributed by atoms with van der Waals surface area (Å²) in [5, 5.41) is 5.80. The van der Waals surface area contributed by atoms with E-state index in [9.17, 15) is 0 Å². The quantitative estimate of drug-likeness (QED) is 0.667. The highest BCUT2D eigenvalue weighted by molar-refractivity contribution is 7.10. The van der Waals surface area contributed by atoms with Gasteiger partial charge in [-0.25, -0.2) is 4.98 Å². The van der Waals surface area contributed by atoms with Crippen molar-refractivity contribution in [3.05, 3.63) is 69.0 Å². The van der Waals surface area contributed by atoms with Gasteiger partial charge in [0.15, 0.2) is 0 Å². The minimum absolute atomic E-state index is 0.00808. The molecule has 0 unspecified atom stereocenters. The molecule has 2 heterocycles. The molecule has 23 heavy (non-hydrogen) atoms. The monoisotopic (exact) mass is 344 g/mol. The Bertz CT molecular complexity index is 752. The number of anilines is 2. The van der Waals surface area contributed by atoms with E-state index in [1.807, 2.05) is 6.07 Å². The molecular formula is C17H17ClN4S. The number of hydrogen-bond donors (Lipinski definition) is 2. The molecular weight excluding hydrogens is 328 g/mol. The summed E-state index contributed by atoms with van der Waals surface area (Å²) in [6.45, 7) is 2.15. The van der Waals surface area contributed by atoms with Crippen molar-refractivity contribution in [3.8, 4) is 0 Å². The van der Waals surface area contributed by atoms with Gasteiger partial charge >= 0.3 is 0 Å². The molecule has 0 fully saturated rings. The van der Waals surface area contributed by atoms with Crippen molar-refractivity contribution in [2.75, 3.05) is 11.1 Å². The summed E-state index contributed by atoms with van der Waals surface area (Å²) in [7, 11) is 0. The molecule has 3 N–H and O–H groups in total. The van der Waals surface area contributed by atoms with Crippen LogP contribution in [0.5, 0.6) is 0 Å². The Balaban J connectivity index is 1.95. The van der Waals surface area contributed by atoms with E-state index in [0.29, 0.717) is 11.0 Å². The van der Waals surface area contributed by atoms with Crippen molar-refractivity contribution in [2.45, 2.75) is 19.4 Å². The average molecular weight is 345 g/mol. The van der Waals surface area contributed by atoms with Gasteiger partial charge in [-0.05, 0) is 29.0 Å². The molecule has 0 aliphatic rings. The maximum Gasteiger partial charge on any atom is 0.223 e. The summed E-state index contributed by atoms with van der Waals surface area (Å²) in [6, 6.07) is 14.4. The van der Waals surface area contributed by atoms with Gasteiger partial charge in [0.2, 0.25) is 5.95 Å². The first-order chi connectivity index (χ1) is 11.2. The zero-order chi connectivity index (χ0) is 16.2. The summed E-state index contributed by atoms with van der Waals surface area (Å²) in [5.41, 5.74) is 8.16. The molecule has 6 heteroatoms. The molecule has 1 atom stereocenters. The second-order valence-corrected chi connectivity index (χ2v) is 6.49. The lowest BCUT2D eigenvalue weighted by Gasteiger charge is -2.19. The van der Waals surface area contributed by atoms with Gasteiger partial charge in [0.1, 0.15) is 11.0 Å². The number of nitrogens with two attached hydrogens (primary N) is 1. The van der Waals surface area contributed by atoms with Crippen LogP contribution < -0.4 is 11.1 Å². The zero-order valence-corrected chi connectivity index (χ0v) is 14.2. The van der Waals surface area contributed by atoms with Crippen molar-refractivity contribution < 1.29 is 0 Å². The first-order valence-corrected chi connectivity index (χ1v) is 8.60. The Labute approximate surface area is 144 Å². The van der Waals surface area contributed by atoms with Crippen LogP contribution in [0.3, 0.4) is 0 Å². The van der Waals surface area contributed by atoms with E-state index in [1.54, 1.807) is 17.4 Å². The smallest absolute Gasteiger partial charge is 0.223 e. The third-order valence-corrected chi connectivity index (χ3v) is 4.68. The topological polar surface area (TPSA) is 63.8 Å². The fraction of sp³-hybridized carbons (Fsp3) is 0.176. The van der Waals surface area contributed by atoms with E-state index in [-0.39, 0.29) is 12.0 Å². The summed E-state index contributed by atoms with van der Waals surface area (Å²) < 4.78 is 0. The number of aromatic nitrogens is 2. The summed E-state index contributed by atoms with van der Waals surface area (Å²) in [6.07, 6.45) is 1.02. The Morgan fingerprint density at radius 1 is 1.22 bits per heavy atom. The summed E-state index contributed by atoms with van der Waals surface area (Å²) in [5.74, 6) is 0.770. The number of nitrogens with zero attached hydrogens (tertiary/aromatic N) is 2. The minimum atomic E-state index is -0.00808. The Morgan fingerprint density at radius 3 is 2.61 bits per heavy atom. The molecule has 0 bridgehead atoms. The molecule has 0 aliphatic heterocycles. The second-order valence-electron chi connectivity index (χ2n) is 5.12. The normalized spacial score (nSPS) is 12.1. The standard InChI is InChI=1S/C17H17ClN4S/c1-2-11-5-7-12(8-6-11)16(13-4-3-9-23-13)21-15-10-14(18)20-17(19)22-15/h3-10,16H,2H2,1H3,(H3,19,20,21,22)/t16-/m0/s1. The molecule has 0 saturated heterocycles. The van der Waals surface area contributed by atoms with Crippen LogP contribution in [0.25, 0.3) is 0 Å². The lowest BCUT2D eigenvalue weighted by atomic mass is 10.0. The van der Waals surface area contributed by atoms with Gasteiger partial charge in [-0.3, -0.25) is 0 Å². The Hall–Kier alpha value is -2.11. The maximum absolute atomic E-state index is 5.98. The lowest BCUT2D eigenvalue weighted by Crippen LogP contribution is -2.13. The molecule has 118 valence electrons. The number of nitrogen functional groups attached to an aromatic ring is 1. The molecule has 0 amide bonds. The number of hydrogen-bond acceptors (Lipinski definition) is 5. The van der Waals surface area contributed by atoms with Crippen LogP contribution in [0.1, 0.15) is 29.0 Å². The molecule has 0 aliphatic carbocycles. The number of halogens is 1. The van der Waals surface area contributed by atoms with Crippen LogP contribution >= 0.6 is 22.9 Å². The van der Waals surface area contributed by atoms with Crippen LogP contribution in [0.15, 0.2) is 47.8 Å². The van der Waals surface area contributed by atoms with Crippen LogP contribution in [0, 0.1) is 0 Å². The molecule has 2 aromatic heterocycles. The Morgan fingerprint density at radius 2 is 2.00 bits per heavy atom. The predicted molar refractivity (Wildman–Crippen MR) is 97.1 cm³/mol. The fourth-order valence-corrected chi connectivity index (χ4v) is 3.37. The number of thiophene rings is 1. The third-order valence-electron chi connectivity index (χ3n) is 3.55. The van der Waals surface area contributed by atoms with Crippen LogP contribution in [0.4, 0.5) is 11.8 Å². The van der Waals surface area contributed by atoms with E-state index in [0.717, 1.165) is 12.0 Å². The molecule has 3 rings (SSSR count). The number of benzene rings is 1. The highest BCUT2D eigenvalue weighted by atomic mass is 35.5. The minimum Gasteiger partial charge on any atom is -0.368 e. The summed E-state index contributed by atoms with van der Waals surface area (Å²) >= 11 is 7.67. The van der Waals surface area contributed by atoms with Crippen molar-refractivity contribution in [1.82, 2.24) is 9.97 Å². The van der Waals surface area contributed by atoms with E-state index in [2.05, 4.69) is 57.9 Å². The van der Waals surface area contributed by atoms with Gasteiger partial charge in [-0.15, -0.1) is 11.3 Å². The van der Waals surface area contributed by atoms with Gasteiger partial charge in [-0.1, -0.05) is 48.9 Å². The maximum atomic E-state index is 5.98. The molecule has 0 spiro atoms. The van der Waals surface area contributed by atoms with E-state index in [1.165, 1.54) is 10.4 Å². The molecule has 3 aromatic rings. The van der Waals surface area contributed by atoms with Gasteiger partial charge in [-0.2, -0.15) is 4.98 Å². The van der Waals surface area contributed by atoms with Crippen molar-refractivity contribution >= 4 is 34.7 Å². The number of aryl methyl sites for hydroxylation is 1. The summed E-state index contributed by atoms with van der Waals surface area (Å²) in [4.78, 5) is 9.31. The molecule has 1 aromatic carbocycles. The number of nitrogens with one attached hydrogen (secondary N) is 1.